The first kappa shape index (κ1) is 62.4. The first-order valence-electron chi connectivity index (χ1n) is 28.2. The molecule has 0 aliphatic carbocycles. The number of allylic oxidation sites excluding steroid dienone is 8. The molecule has 0 aliphatic heterocycles. The standard InChI is InChI=1S/C59H106O6/c1-4-7-10-13-16-19-22-25-27-29-30-31-33-34-37-40-43-46-49-52-58(61)64-55-56(54-63-57(60)51-48-45-42-39-36-24-21-18-15-12-9-6-3)65-59(62)53-50-47-44-41-38-35-32-28-26-23-20-17-14-11-8-5-2/h16,19,22,25,28,32,35,38,56H,4-15,17-18,20-21,23-24,26-27,29-31,33-34,36-37,39-55H2,1-3H3/b19-16-,25-22-,32-28-,38-35-. The lowest BCUT2D eigenvalue weighted by molar-refractivity contribution is -0.167. The van der Waals surface area contributed by atoms with Gasteiger partial charge in [0, 0.05) is 19.3 Å². The maximum absolute atomic E-state index is 12.8. The summed E-state index contributed by atoms with van der Waals surface area (Å²) >= 11 is 0. The maximum atomic E-state index is 12.8. The molecule has 0 aromatic rings. The molecule has 0 radical (unpaired) electrons. The fourth-order valence-electron chi connectivity index (χ4n) is 8.07. The van der Waals surface area contributed by atoms with E-state index in [9.17, 15) is 14.4 Å². The Bertz CT molecular complexity index is 1140. The second kappa shape index (κ2) is 54.0. The van der Waals surface area contributed by atoms with Gasteiger partial charge in [0.2, 0.25) is 0 Å². The first-order chi connectivity index (χ1) is 32.0. The van der Waals surface area contributed by atoms with E-state index in [4.69, 9.17) is 14.2 Å². The molecule has 0 aromatic heterocycles. The Hall–Kier alpha value is -2.63. The lowest BCUT2D eigenvalue weighted by Crippen LogP contribution is -2.30. The Kier molecular flexibility index (Phi) is 51.8. The summed E-state index contributed by atoms with van der Waals surface area (Å²) in [6.45, 7) is 6.60. The van der Waals surface area contributed by atoms with Crippen molar-refractivity contribution in [2.45, 2.75) is 297 Å². The van der Waals surface area contributed by atoms with Crippen LogP contribution in [0, 0.1) is 0 Å². The van der Waals surface area contributed by atoms with Gasteiger partial charge in [-0.15, -0.1) is 0 Å². The SMILES string of the molecule is CCCCC/C=C\C=C/CCCCCCCCCCCCC(=O)OCC(COC(=O)CCCCCCCCCCCCCC)OC(=O)CCCCC/C=C\C=C/CCCCCCCCC. The molecule has 0 aliphatic rings. The van der Waals surface area contributed by atoms with E-state index in [1.807, 2.05) is 0 Å². The number of unbranched alkanes of at least 4 members (excludes halogenated alkanes) is 34. The van der Waals surface area contributed by atoms with Crippen molar-refractivity contribution in [1.82, 2.24) is 0 Å². The van der Waals surface area contributed by atoms with Crippen LogP contribution in [0.5, 0.6) is 0 Å². The Morgan fingerprint density at radius 3 is 0.862 bits per heavy atom. The fraction of sp³-hybridized carbons (Fsp3) is 0.814. The first-order valence-corrected chi connectivity index (χ1v) is 28.2. The summed E-state index contributed by atoms with van der Waals surface area (Å²) in [5.74, 6) is -0.901. The van der Waals surface area contributed by atoms with E-state index < -0.39 is 6.10 Å². The molecule has 6 nitrogen and oxygen atoms in total. The van der Waals surface area contributed by atoms with E-state index in [0.717, 1.165) is 70.6 Å². The number of esters is 3. The number of carbonyl (C=O) groups excluding carboxylic acids is 3. The summed E-state index contributed by atoms with van der Waals surface area (Å²) in [7, 11) is 0. The third kappa shape index (κ3) is 52.2. The van der Waals surface area contributed by atoms with Gasteiger partial charge in [-0.3, -0.25) is 14.4 Å². The third-order valence-electron chi connectivity index (χ3n) is 12.4. The van der Waals surface area contributed by atoms with Gasteiger partial charge in [0.25, 0.3) is 0 Å². The molecule has 1 unspecified atom stereocenters. The number of ether oxygens (including phenoxy) is 3. The Labute approximate surface area is 403 Å². The summed E-state index contributed by atoms with van der Waals surface area (Å²) < 4.78 is 16.8. The van der Waals surface area contributed by atoms with Crippen LogP contribution in [-0.2, 0) is 28.6 Å². The Morgan fingerprint density at radius 2 is 0.538 bits per heavy atom. The summed E-state index contributed by atoms with van der Waals surface area (Å²) in [5, 5.41) is 0. The monoisotopic (exact) mass is 911 g/mol. The van der Waals surface area contributed by atoms with Crippen molar-refractivity contribution >= 4 is 17.9 Å². The van der Waals surface area contributed by atoms with Crippen LogP contribution in [0.1, 0.15) is 290 Å². The number of carbonyl (C=O) groups is 3. The molecule has 0 saturated carbocycles. The van der Waals surface area contributed by atoms with E-state index in [1.54, 1.807) is 0 Å². The van der Waals surface area contributed by atoms with Gasteiger partial charge in [-0.1, -0.05) is 249 Å². The maximum Gasteiger partial charge on any atom is 0.306 e. The highest BCUT2D eigenvalue weighted by atomic mass is 16.6. The average molecular weight is 911 g/mol. The Balaban J connectivity index is 4.37. The lowest BCUT2D eigenvalue weighted by atomic mass is 10.0. The molecule has 0 fully saturated rings. The van der Waals surface area contributed by atoms with Crippen molar-refractivity contribution < 1.29 is 28.6 Å². The Morgan fingerprint density at radius 1 is 0.308 bits per heavy atom. The zero-order valence-electron chi connectivity index (χ0n) is 43.3. The van der Waals surface area contributed by atoms with Crippen molar-refractivity contribution in [3.63, 3.8) is 0 Å². The highest BCUT2D eigenvalue weighted by Crippen LogP contribution is 2.16. The molecular formula is C59H106O6. The fourth-order valence-corrected chi connectivity index (χ4v) is 8.07. The highest BCUT2D eigenvalue weighted by Gasteiger charge is 2.19. The minimum absolute atomic E-state index is 0.0821. The average Bonchev–Trinajstić information content (AvgIpc) is 3.30. The number of hydrogen-bond donors (Lipinski definition) is 0. The van der Waals surface area contributed by atoms with E-state index in [0.29, 0.717) is 19.3 Å². The van der Waals surface area contributed by atoms with Gasteiger partial charge in [0.1, 0.15) is 13.2 Å². The molecule has 0 N–H and O–H groups in total. The minimum Gasteiger partial charge on any atom is -0.462 e. The summed E-state index contributed by atoms with van der Waals surface area (Å²) in [4.78, 5) is 38.1. The van der Waals surface area contributed by atoms with Crippen molar-refractivity contribution in [3.8, 4) is 0 Å². The molecule has 0 heterocycles. The summed E-state index contributed by atoms with van der Waals surface area (Å²) in [5.41, 5.74) is 0. The summed E-state index contributed by atoms with van der Waals surface area (Å²) in [6, 6.07) is 0. The van der Waals surface area contributed by atoms with Gasteiger partial charge in [0.15, 0.2) is 6.10 Å². The van der Waals surface area contributed by atoms with E-state index in [1.165, 1.54) is 180 Å². The van der Waals surface area contributed by atoms with Crippen LogP contribution in [0.15, 0.2) is 48.6 Å². The molecule has 0 spiro atoms. The van der Waals surface area contributed by atoms with Crippen LogP contribution >= 0.6 is 0 Å². The van der Waals surface area contributed by atoms with Crippen molar-refractivity contribution in [1.29, 1.82) is 0 Å². The molecule has 65 heavy (non-hydrogen) atoms. The zero-order valence-corrected chi connectivity index (χ0v) is 43.3. The molecule has 0 rings (SSSR count). The lowest BCUT2D eigenvalue weighted by Gasteiger charge is -2.18. The normalized spacial score (nSPS) is 12.4. The topological polar surface area (TPSA) is 78.9 Å². The summed E-state index contributed by atoms with van der Waals surface area (Å²) in [6.07, 6.45) is 65.2. The van der Waals surface area contributed by atoms with Crippen LogP contribution in [0.25, 0.3) is 0 Å². The molecule has 378 valence electrons. The van der Waals surface area contributed by atoms with Gasteiger partial charge in [0.05, 0.1) is 0 Å². The molecule has 0 aromatic carbocycles. The second-order valence-corrected chi connectivity index (χ2v) is 18.9. The zero-order chi connectivity index (χ0) is 47.2. The molecule has 1 atom stereocenters. The van der Waals surface area contributed by atoms with Crippen molar-refractivity contribution in [2.75, 3.05) is 13.2 Å². The van der Waals surface area contributed by atoms with Gasteiger partial charge in [-0.25, -0.2) is 0 Å². The van der Waals surface area contributed by atoms with Crippen molar-refractivity contribution in [2.24, 2.45) is 0 Å². The molecule has 6 heteroatoms. The smallest absolute Gasteiger partial charge is 0.306 e. The third-order valence-corrected chi connectivity index (χ3v) is 12.4. The minimum atomic E-state index is -0.785. The van der Waals surface area contributed by atoms with Gasteiger partial charge in [-0.05, 0) is 70.6 Å². The quantitative estimate of drug-likeness (QED) is 0.0262. The van der Waals surface area contributed by atoms with E-state index in [2.05, 4.69) is 69.4 Å². The molecule has 0 amide bonds. The number of rotatable bonds is 51. The predicted octanol–water partition coefficient (Wildman–Crippen LogP) is 18.7. The molecule has 0 bridgehead atoms. The van der Waals surface area contributed by atoms with E-state index in [-0.39, 0.29) is 31.1 Å². The molecule has 0 saturated heterocycles. The second-order valence-electron chi connectivity index (χ2n) is 18.9. The van der Waals surface area contributed by atoms with Gasteiger partial charge < -0.3 is 14.2 Å². The van der Waals surface area contributed by atoms with Crippen LogP contribution in [0.2, 0.25) is 0 Å². The van der Waals surface area contributed by atoms with Crippen molar-refractivity contribution in [3.05, 3.63) is 48.6 Å². The van der Waals surface area contributed by atoms with Crippen LogP contribution < -0.4 is 0 Å². The van der Waals surface area contributed by atoms with Gasteiger partial charge in [-0.2, -0.15) is 0 Å². The van der Waals surface area contributed by atoms with Gasteiger partial charge >= 0.3 is 17.9 Å². The van der Waals surface area contributed by atoms with Crippen LogP contribution in [-0.4, -0.2) is 37.2 Å². The predicted molar refractivity (Wildman–Crippen MR) is 279 cm³/mol. The number of hydrogen-bond acceptors (Lipinski definition) is 6. The molecular weight excluding hydrogens is 805 g/mol. The van der Waals surface area contributed by atoms with Crippen LogP contribution in [0.3, 0.4) is 0 Å². The largest absolute Gasteiger partial charge is 0.462 e. The van der Waals surface area contributed by atoms with E-state index >= 15 is 0 Å². The van der Waals surface area contributed by atoms with Crippen LogP contribution in [0.4, 0.5) is 0 Å². The highest BCUT2D eigenvalue weighted by molar-refractivity contribution is 5.71.